The minimum atomic E-state index is -4.58. The summed E-state index contributed by atoms with van der Waals surface area (Å²) in [7, 11) is 0. The second-order valence-corrected chi connectivity index (χ2v) is 6.22. The van der Waals surface area contributed by atoms with E-state index >= 15 is 0 Å². The fraction of sp³-hybridized carbons (Fsp3) is 0.500. The van der Waals surface area contributed by atoms with Crippen LogP contribution in [0, 0.1) is 11.8 Å². The van der Waals surface area contributed by atoms with Gasteiger partial charge in [-0.2, -0.15) is 13.2 Å². The van der Waals surface area contributed by atoms with Crippen LogP contribution >= 0.6 is 0 Å². The van der Waals surface area contributed by atoms with Crippen molar-refractivity contribution in [2.24, 2.45) is 11.8 Å². The molecule has 7 nitrogen and oxygen atoms in total. The smallest absolute Gasteiger partial charge is 0.393 e. The van der Waals surface area contributed by atoms with Crippen LogP contribution in [0.4, 0.5) is 18.9 Å². The van der Waals surface area contributed by atoms with Crippen LogP contribution < -0.4 is 14.8 Å². The molecule has 1 amide bonds. The van der Waals surface area contributed by atoms with Crippen LogP contribution in [0.3, 0.4) is 0 Å². The summed E-state index contributed by atoms with van der Waals surface area (Å²) in [6, 6.07) is 4.86. The third-order valence-corrected chi connectivity index (χ3v) is 4.44. The molecule has 0 spiro atoms. The average Bonchev–Trinajstić information content (AvgIpc) is 3.18. The van der Waals surface area contributed by atoms with Gasteiger partial charge in [-0.1, -0.05) is 0 Å². The first-order chi connectivity index (χ1) is 12.2. The number of carbonyl (C=O) groups is 2. The molecule has 26 heavy (non-hydrogen) atoms. The van der Waals surface area contributed by atoms with Crippen LogP contribution in [0.5, 0.6) is 11.5 Å². The summed E-state index contributed by atoms with van der Waals surface area (Å²) in [5.41, 5.74) is 0.484. The molecule has 0 aliphatic carbocycles. The molecule has 0 radical (unpaired) electrons. The lowest BCUT2D eigenvalue weighted by Crippen LogP contribution is -2.33. The van der Waals surface area contributed by atoms with E-state index in [4.69, 9.17) is 14.6 Å². The summed E-state index contributed by atoms with van der Waals surface area (Å²) in [5.74, 6) is -4.22. The van der Waals surface area contributed by atoms with E-state index in [0.717, 1.165) is 0 Å². The number of hydrogen-bond donors (Lipinski definition) is 2. The van der Waals surface area contributed by atoms with Gasteiger partial charge in [0, 0.05) is 37.8 Å². The molecular weight excluding hydrogens is 357 g/mol. The van der Waals surface area contributed by atoms with Gasteiger partial charge < -0.3 is 24.8 Å². The summed E-state index contributed by atoms with van der Waals surface area (Å²) >= 11 is 0. The summed E-state index contributed by atoms with van der Waals surface area (Å²) < 4.78 is 49.2. The normalized spacial score (nSPS) is 22.4. The van der Waals surface area contributed by atoms with Gasteiger partial charge in [-0.05, 0) is 12.1 Å². The Bertz CT molecular complexity index is 710. The summed E-state index contributed by atoms with van der Waals surface area (Å²) in [6.45, 7) is -0.492. The third-order valence-electron chi connectivity index (χ3n) is 4.44. The fourth-order valence-corrected chi connectivity index (χ4v) is 3.11. The van der Waals surface area contributed by atoms with Gasteiger partial charge in [-0.25, -0.2) is 0 Å². The Kier molecular flexibility index (Phi) is 4.94. The number of anilines is 1. The number of aliphatic carboxylic acids is 1. The maximum atomic E-state index is 12.9. The van der Waals surface area contributed by atoms with E-state index < -0.39 is 30.5 Å². The van der Waals surface area contributed by atoms with Gasteiger partial charge >= 0.3 is 12.1 Å². The van der Waals surface area contributed by atoms with Crippen molar-refractivity contribution in [2.45, 2.75) is 12.6 Å². The van der Waals surface area contributed by atoms with Crippen LogP contribution in [0.2, 0.25) is 0 Å². The zero-order chi connectivity index (χ0) is 18.9. The highest BCUT2D eigenvalue weighted by atomic mass is 19.4. The molecule has 1 saturated heterocycles. The summed E-state index contributed by atoms with van der Waals surface area (Å²) in [6.07, 6.45) is -4.63. The highest BCUT2D eigenvalue weighted by Gasteiger charge is 2.52. The quantitative estimate of drug-likeness (QED) is 0.819. The molecule has 0 aromatic heterocycles. The van der Waals surface area contributed by atoms with Crippen LogP contribution in [-0.4, -0.2) is 54.5 Å². The van der Waals surface area contributed by atoms with E-state index in [-0.39, 0.29) is 32.2 Å². The summed E-state index contributed by atoms with van der Waals surface area (Å²) in [5, 5.41) is 11.6. The van der Waals surface area contributed by atoms with Crippen molar-refractivity contribution in [2.75, 3.05) is 31.7 Å². The number of benzene rings is 1. The number of fused-ring (bicyclic) bond motifs is 1. The first kappa shape index (κ1) is 18.3. The molecule has 142 valence electrons. The number of hydrogen-bond acceptors (Lipinski definition) is 5. The fourth-order valence-electron chi connectivity index (χ4n) is 3.11. The first-order valence-electron chi connectivity index (χ1n) is 7.95. The highest BCUT2D eigenvalue weighted by molar-refractivity contribution is 5.91. The van der Waals surface area contributed by atoms with E-state index in [2.05, 4.69) is 5.32 Å². The predicted octanol–water partition coefficient (Wildman–Crippen LogP) is 1.94. The molecule has 2 N–H and O–H groups in total. The molecule has 2 atom stereocenters. The Balaban J connectivity index is 1.52. The molecule has 0 bridgehead atoms. The SMILES string of the molecule is O=C(CCN1C[C@@H](C(F)(F)F)[C@H](C(=O)O)C1)Nc1ccc2c(c1)OCO2. The lowest BCUT2D eigenvalue weighted by atomic mass is 9.96. The number of halogens is 3. The third kappa shape index (κ3) is 4.01. The van der Waals surface area contributed by atoms with Crippen molar-refractivity contribution in [3.05, 3.63) is 18.2 Å². The lowest BCUT2D eigenvalue weighted by molar-refractivity contribution is -0.188. The van der Waals surface area contributed by atoms with Gasteiger partial charge in [0.1, 0.15) is 0 Å². The number of likely N-dealkylation sites (tertiary alicyclic amines) is 1. The Morgan fingerprint density at radius 1 is 1.23 bits per heavy atom. The van der Waals surface area contributed by atoms with Crippen molar-refractivity contribution in [3.63, 3.8) is 0 Å². The highest BCUT2D eigenvalue weighted by Crippen LogP contribution is 2.38. The number of amides is 1. The van der Waals surface area contributed by atoms with Gasteiger partial charge in [0.25, 0.3) is 0 Å². The van der Waals surface area contributed by atoms with Crippen molar-refractivity contribution in [1.29, 1.82) is 0 Å². The van der Waals surface area contributed by atoms with E-state index in [9.17, 15) is 22.8 Å². The molecule has 3 rings (SSSR count). The minimum absolute atomic E-state index is 0.0484. The molecule has 10 heteroatoms. The maximum absolute atomic E-state index is 12.9. The zero-order valence-corrected chi connectivity index (χ0v) is 13.6. The van der Waals surface area contributed by atoms with Crippen LogP contribution in [0.25, 0.3) is 0 Å². The molecule has 2 aliphatic heterocycles. The number of ether oxygens (including phenoxy) is 2. The van der Waals surface area contributed by atoms with Gasteiger partial charge in [-0.3, -0.25) is 9.59 Å². The monoisotopic (exact) mass is 374 g/mol. The Hall–Kier alpha value is -2.49. The number of rotatable bonds is 5. The van der Waals surface area contributed by atoms with E-state index in [1.165, 1.54) is 4.90 Å². The number of carboxylic acid groups (broad SMARTS) is 1. The van der Waals surface area contributed by atoms with Crippen molar-refractivity contribution in [3.8, 4) is 11.5 Å². The number of carbonyl (C=O) groups excluding carboxylic acids is 1. The van der Waals surface area contributed by atoms with Crippen LogP contribution in [0.15, 0.2) is 18.2 Å². The molecule has 1 aromatic rings. The van der Waals surface area contributed by atoms with Gasteiger partial charge in [0.15, 0.2) is 11.5 Å². The molecule has 1 aromatic carbocycles. The predicted molar refractivity (Wildman–Crippen MR) is 82.9 cm³/mol. The zero-order valence-electron chi connectivity index (χ0n) is 13.6. The van der Waals surface area contributed by atoms with E-state index in [0.29, 0.717) is 17.2 Å². The van der Waals surface area contributed by atoms with Crippen molar-refractivity contribution >= 4 is 17.6 Å². The molecule has 2 aliphatic rings. The number of nitrogens with one attached hydrogen (secondary N) is 1. The van der Waals surface area contributed by atoms with Crippen LogP contribution in [-0.2, 0) is 9.59 Å². The minimum Gasteiger partial charge on any atom is -0.481 e. The van der Waals surface area contributed by atoms with Crippen molar-refractivity contribution < 1.29 is 37.3 Å². The molecular formula is C16H17F3N2O5. The second kappa shape index (κ2) is 7.02. The Labute approximate surface area is 146 Å². The maximum Gasteiger partial charge on any atom is 0.393 e. The number of alkyl halides is 3. The molecule has 0 saturated carbocycles. The molecule has 0 unspecified atom stereocenters. The standard InChI is InChI=1S/C16H17F3N2O5/c17-16(18,19)11-7-21(6-10(11)15(23)24)4-3-14(22)20-9-1-2-12-13(5-9)26-8-25-12/h1-2,5,10-11H,3-4,6-8H2,(H,20,22)(H,23,24)/t10-,11-/m1/s1. The van der Waals surface area contributed by atoms with Gasteiger partial charge in [0.05, 0.1) is 11.8 Å². The Morgan fingerprint density at radius 2 is 1.96 bits per heavy atom. The van der Waals surface area contributed by atoms with E-state index in [1.807, 2.05) is 0 Å². The topological polar surface area (TPSA) is 88.1 Å². The van der Waals surface area contributed by atoms with Crippen molar-refractivity contribution in [1.82, 2.24) is 4.90 Å². The van der Waals surface area contributed by atoms with Gasteiger partial charge in [-0.15, -0.1) is 0 Å². The Morgan fingerprint density at radius 3 is 2.62 bits per heavy atom. The molecule has 2 heterocycles. The second-order valence-electron chi connectivity index (χ2n) is 6.22. The van der Waals surface area contributed by atoms with Gasteiger partial charge in [0.2, 0.25) is 12.7 Å². The first-order valence-corrected chi connectivity index (χ1v) is 7.95. The number of carboxylic acids is 1. The largest absolute Gasteiger partial charge is 0.481 e. The molecule has 1 fully saturated rings. The number of nitrogens with zero attached hydrogens (tertiary/aromatic N) is 1. The van der Waals surface area contributed by atoms with Crippen LogP contribution in [0.1, 0.15) is 6.42 Å². The lowest BCUT2D eigenvalue weighted by Gasteiger charge is -2.18. The summed E-state index contributed by atoms with van der Waals surface area (Å²) in [4.78, 5) is 24.4. The average molecular weight is 374 g/mol. The van der Waals surface area contributed by atoms with E-state index in [1.54, 1.807) is 18.2 Å².